The van der Waals surface area contributed by atoms with E-state index in [1.165, 1.54) is 11.0 Å². The number of benzene rings is 2. The summed E-state index contributed by atoms with van der Waals surface area (Å²) >= 11 is 0. The zero-order valence-corrected chi connectivity index (χ0v) is 16.2. The van der Waals surface area contributed by atoms with Gasteiger partial charge in [-0.05, 0) is 43.2 Å². The Labute approximate surface area is 164 Å². The Bertz CT molecular complexity index is 922. The fourth-order valence-corrected chi connectivity index (χ4v) is 4.11. The zero-order chi connectivity index (χ0) is 19.8. The second-order valence-electron chi connectivity index (χ2n) is 7.48. The molecule has 0 aromatic heterocycles. The number of hydrogen-bond acceptors (Lipinski definition) is 4. The van der Waals surface area contributed by atoms with Gasteiger partial charge in [0.15, 0.2) is 0 Å². The summed E-state index contributed by atoms with van der Waals surface area (Å²) in [5.41, 5.74) is 3.28. The van der Waals surface area contributed by atoms with E-state index in [0.29, 0.717) is 37.6 Å². The fraction of sp³-hybridized carbons (Fsp3) is 0.364. The molecule has 2 aliphatic rings. The monoisotopic (exact) mass is 381 g/mol. The molecule has 6 heteroatoms. The smallest absolute Gasteiger partial charge is 0.251 e. The largest absolute Gasteiger partial charge is 0.367 e. The topological polar surface area (TPSA) is 43.9 Å². The minimum absolute atomic E-state index is 0.153. The Morgan fingerprint density at radius 2 is 1.57 bits per heavy atom. The maximum absolute atomic E-state index is 14.0. The molecule has 146 valence electrons. The van der Waals surface area contributed by atoms with Crippen molar-refractivity contribution in [1.82, 2.24) is 4.90 Å². The van der Waals surface area contributed by atoms with E-state index >= 15 is 0 Å². The van der Waals surface area contributed by atoms with Gasteiger partial charge in [0.2, 0.25) is 5.91 Å². The lowest BCUT2D eigenvalue weighted by Crippen LogP contribution is -2.52. The average molecular weight is 381 g/mol. The van der Waals surface area contributed by atoms with Crippen LogP contribution in [-0.4, -0.2) is 48.9 Å². The number of amides is 2. The molecule has 2 aromatic carbocycles. The lowest BCUT2D eigenvalue weighted by molar-refractivity contribution is -0.123. The molecule has 2 aromatic rings. The minimum atomic E-state index is -0.435. The lowest BCUT2D eigenvalue weighted by atomic mass is 10.1. The third-order valence-corrected chi connectivity index (χ3v) is 5.89. The molecule has 2 heterocycles. The molecular formula is C22H24FN3O2. The molecule has 0 saturated carbocycles. The van der Waals surface area contributed by atoms with Crippen molar-refractivity contribution in [3.8, 4) is 0 Å². The Kier molecular flexibility index (Phi) is 4.89. The van der Waals surface area contributed by atoms with Crippen LogP contribution in [0.15, 0.2) is 42.5 Å². The van der Waals surface area contributed by atoms with E-state index in [-0.39, 0.29) is 24.1 Å². The number of carbonyl (C=O) groups excluding carboxylic acids is 2. The van der Waals surface area contributed by atoms with E-state index in [1.807, 2.05) is 43.0 Å². The van der Waals surface area contributed by atoms with Gasteiger partial charge in [0.25, 0.3) is 5.91 Å². The van der Waals surface area contributed by atoms with Crippen LogP contribution in [0.4, 0.5) is 15.8 Å². The predicted molar refractivity (Wildman–Crippen MR) is 107 cm³/mol. The van der Waals surface area contributed by atoms with Gasteiger partial charge in [-0.25, -0.2) is 9.29 Å². The van der Waals surface area contributed by atoms with Gasteiger partial charge in [-0.2, -0.15) is 0 Å². The SMILES string of the molecule is Cc1cccc(N2C(=O)CC(N3CCN(c4ccccc4F)CC3)C2=O)c1C. The minimum Gasteiger partial charge on any atom is -0.367 e. The van der Waals surface area contributed by atoms with Gasteiger partial charge in [-0.15, -0.1) is 0 Å². The normalized spacial score (nSPS) is 20.9. The molecule has 2 aliphatic heterocycles. The van der Waals surface area contributed by atoms with Crippen LogP contribution in [-0.2, 0) is 9.59 Å². The molecule has 2 fully saturated rings. The van der Waals surface area contributed by atoms with Crippen LogP contribution in [0.1, 0.15) is 17.5 Å². The van der Waals surface area contributed by atoms with Gasteiger partial charge >= 0.3 is 0 Å². The van der Waals surface area contributed by atoms with Crippen LogP contribution in [0.3, 0.4) is 0 Å². The molecule has 0 radical (unpaired) electrons. The third-order valence-electron chi connectivity index (χ3n) is 5.89. The van der Waals surface area contributed by atoms with Crippen molar-refractivity contribution < 1.29 is 14.0 Å². The first-order valence-electron chi connectivity index (χ1n) is 9.64. The van der Waals surface area contributed by atoms with Crippen molar-refractivity contribution in [3.05, 3.63) is 59.4 Å². The van der Waals surface area contributed by atoms with Crippen LogP contribution < -0.4 is 9.80 Å². The summed E-state index contributed by atoms with van der Waals surface area (Å²) in [6.45, 7) is 6.41. The van der Waals surface area contributed by atoms with Gasteiger partial charge in [0.1, 0.15) is 5.82 Å². The van der Waals surface area contributed by atoms with Gasteiger partial charge in [-0.1, -0.05) is 24.3 Å². The van der Waals surface area contributed by atoms with Crippen LogP contribution in [0, 0.1) is 19.7 Å². The molecule has 0 spiro atoms. The van der Waals surface area contributed by atoms with Crippen LogP contribution in [0.2, 0.25) is 0 Å². The molecule has 1 atom stereocenters. The van der Waals surface area contributed by atoms with E-state index in [2.05, 4.69) is 4.90 Å². The van der Waals surface area contributed by atoms with Crippen molar-refractivity contribution in [1.29, 1.82) is 0 Å². The van der Waals surface area contributed by atoms with Crippen molar-refractivity contribution in [2.75, 3.05) is 36.0 Å². The first kappa shape index (κ1) is 18.6. The summed E-state index contributed by atoms with van der Waals surface area (Å²) < 4.78 is 14.0. The molecule has 4 rings (SSSR count). The van der Waals surface area contributed by atoms with Crippen LogP contribution in [0.25, 0.3) is 0 Å². The molecule has 28 heavy (non-hydrogen) atoms. The second-order valence-corrected chi connectivity index (χ2v) is 7.48. The first-order chi connectivity index (χ1) is 13.5. The van der Waals surface area contributed by atoms with E-state index in [9.17, 15) is 14.0 Å². The number of anilines is 2. The number of carbonyl (C=O) groups is 2. The number of hydrogen-bond donors (Lipinski definition) is 0. The molecule has 5 nitrogen and oxygen atoms in total. The second kappa shape index (κ2) is 7.36. The predicted octanol–water partition coefficient (Wildman–Crippen LogP) is 2.90. The van der Waals surface area contributed by atoms with Crippen molar-refractivity contribution >= 4 is 23.2 Å². The van der Waals surface area contributed by atoms with E-state index in [4.69, 9.17) is 0 Å². The van der Waals surface area contributed by atoms with Gasteiger partial charge < -0.3 is 4.90 Å². The molecular weight excluding hydrogens is 357 g/mol. The molecule has 0 aliphatic carbocycles. The summed E-state index contributed by atoms with van der Waals surface area (Å²) in [7, 11) is 0. The van der Waals surface area contributed by atoms with Gasteiger partial charge in [-0.3, -0.25) is 14.5 Å². The lowest BCUT2D eigenvalue weighted by Gasteiger charge is -2.38. The highest BCUT2D eigenvalue weighted by molar-refractivity contribution is 6.22. The number of halogens is 1. The van der Waals surface area contributed by atoms with E-state index in [0.717, 1.165) is 11.1 Å². The Morgan fingerprint density at radius 3 is 2.29 bits per heavy atom. The summed E-state index contributed by atoms with van der Waals surface area (Å²) in [4.78, 5) is 31.1. The number of nitrogens with zero attached hydrogens (tertiary/aromatic N) is 3. The van der Waals surface area contributed by atoms with Crippen LogP contribution in [0.5, 0.6) is 0 Å². The van der Waals surface area contributed by atoms with E-state index in [1.54, 1.807) is 12.1 Å². The highest BCUT2D eigenvalue weighted by Crippen LogP contribution is 2.30. The molecule has 1 unspecified atom stereocenters. The molecule has 2 saturated heterocycles. The quantitative estimate of drug-likeness (QED) is 0.767. The number of aryl methyl sites for hydroxylation is 1. The Hall–Kier alpha value is -2.73. The summed E-state index contributed by atoms with van der Waals surface area (Å²) in [6.07, 6.45) is 0.200. The highest BCUT2D eigenvalue weighted by Gasteiger charge is 2.43. The van der Waals surface area contributed by atoms with Gasteiger partial charge in [0.05, 0.1) is 23.8 Å². The third kappa shape index (κ3) is 3.18. The summed E-state index contributed by atoms with van der Waals surface area (Å²) in [6, 6.07) is 12.0. The summed E-state index contributed by atoms with van der Waals surface area (Å²) in [5.74, 6) is -0.539. The average Bonchev–Trinajstić information content (AvgIpc) is 2.99. The van der Waals surface area contributed by atoms with E-state index < -0.39 is 6.04 Å². The molecule has 0 bridgehead atoms. The maximum atomic E-state index is 14.0. The number of imide groups is 1. The molecule has 2 amide bonds. The number of rotatable bonds is 3. The standard InChI is InChI=1S/C22H24FN3O2/c1-15-6-5-9-18(16(15)2)26-21(27)14-20(22(26)28)25-12-10-24(11-13-25)19-8-4-3-7-17(19)23/h3-9,20H,10-14H2,1-2H3. The zero-order valence-electron chi connectivity index (χ0n) is 16.2. The van der Waals surface area contributed by atoms with Crippen molar-refractivity contribution in [2.45, 2.75) is 26.3 Å². The Balaban J connectivity index is 1.48. The maximum Gasteiger partial charge on any atom is 0.251 e. The summed E-state index contributed by atoms with van der Waals surface area (Å²) in [5, 5.41) is 0. The van der Waals surface area contributed by atoms with Crippen molar-refractivity contribution in [2.24, 2.45) is 0 Å². The fourth-order valence-electron chi connectivity index (χ4n) is 4.11. The Morgan fingerprint density at radius 1 is 0.893 bits per heavy atom. The molecule has 0 N–H and O–H groups in total. The van der Waals surface area contributed by atoms with Crippen molar-refractivity contribution in [3.63, 3.8) is 0 Å². The number of para-hydroxylation sites is 1. The van der Waals surface area contributed by atoms with Crippen LogP contribution >= 0.6 is 0 Å². The number of piperazine rings is 1. The first-order valence-corrected chi connectivity index (χ1v) is 9.64. The highest BCUT2D eigenvalue weighted by atomic mass is 19.1. The van der Waals surface area contributed by atoms with Gasteiger partial charge in [0, 0.05) is 26.2 Å².